The molecule has 0 amide bonds. The number of rotatable bonds is 1. The summed E-state index contributed by atoms with van der Waals surface area (Å²) in [6.45, 7) is 0.425. The van der Waals surface area contributed by atoms with Crippen LogP contribution in [-0.4, -0.2) is 16.5 Å². The molecule has 1 aliphatic rings. The lowest BCUT2D eigenvalue weighted by Crippen LogP contribution is -2.34. The molecule has 1 aliphatic heterocycles. The number of anilines is 1. The Bertz CT molecular complexity index is 695. The molecule has 3 N–H and O–H groups in total. The van der Waals surface area contributed by atoms with E-state index in [1.54, 1.807) is 11.1 Å². The molecule has 1 aromatic heterocycles. The third kappa shape index (κ3) is 2.09. The maximum absolute atomic E-state index is 12.8. The number of benzene rings is 1. The number of nitrogens with two attached hydrogens (primary N) is 1. The highest BCUT2D eigenvalue weighted by Crippen LogP contribution is 2.33. The van der Waals surface area contributed by atoms with Gasteiger partial charge in [0.25, 0.3) is 0 Å². The van der Waals surface area contributed by atoms with Crippen LogP contribution in [0.3, 0.4) is 0 Å². The summed E-state index contributed by atoms with van der Waals surface area (Å²) in [4.78, 5) is 8.02. The second-order valence-electron chi connectivity index (χ2n) is 4.31. The van der Waals surface area contributed by atoms with Crippen molar-refractivity contribution in [1.82, 2.24) is 15.4 Å². The van der Waals surface area contributed by atoms with Gasteiger partial charge in [-0.1, -0.05) is 0 Å². The van der Waals surface area contributed by atoms with E-state index in [0.29, 0.717) is 29.1 Å². The molecule has 2 aromatic rings. The summed E-state index contributed by atoms with van der Waals surface area (Å²) < 4.78 is 38.4. The van der Waals surface area contributed by atoms with Crippen molar-refractivity contribution in [3.05, 3.63) is 42.0 Å². The first kappa shape index (κ1) is 12.5. The van der Waals surface area contributed by atoms with E-state index in [1.165, 1.54) is 12.4 Å². The molecule has 0 saturated carbocycles. The monoisotopic (exact) mass is 281 g/mol. The Hall–Kier alpha value is -2.51. The zero-order chi connectivity index (χ0) is 14.3. The maximum atomic E-state index is 12.8. The van der Waals surface area contributed by atoms with Crippen molar-refractivity contribution < 1.29 is 13.2 Å². The topological polar surface area (TPSA) is 67.1 Å². The van der Waals surface area contributed by atoms with Gasteiger partial charge < -0.3 is 5.73 Å². The van der Waals surface area contributed by atoms with E-state index in [2.05, 4.69) is 15.4 Å². The number of nitrogens with zero attached hydrogens (tertiary/aromatic N) is 3. The van der Waals surface area contributed by atoms with E-state index in [9.17, 15) is 13.2 Å². The van der Waals surface area contributed by atoms with Crippen molar-refractivity contribution in [1.29, 1.82) is 0 Å². The fourth-order valence-electron chi connectivity index (χ4n) is 2.01. The molecule has 20 heavy (non-hydrogen) atoms. The lowest BCUT2D eigenvalue weighted by atomic mass is 10.1. The number of halogens is 3. The Morgan fingerprint density at radius 3 is 2.70 bits per heavy atom. The third-order valence-corrected chi connectivity index (χ3v) is 2.96. The molecule has 0 unspecified atom stereocenters. The van der Waals surface area contributed by atoms with Crippen LogP contribution in [0.1, 0.15) is 5.56 Å². The number of fused-ring (bicyclic) bond motifs is 1. The van der Waals surface area contributed by atoms with Crippen LogP contribution in [0.5, 0.6) is 0 Å². The van der Waals surface area contributed by atoms with Crippen molar-refractivity contribution in [2.24, 2.45) is 5.73 Å². The standard InChI is InChI=1S/C12H10F3N5/c13-12(14,15)7-1-2-9-8(5-7)11(18-6-17-9)20-4-3-10(16)19-20/h1-3,5-6,19H,4,16H2. The summed E-state index contributed by atoms with van der Waals surface area (Å²) in [7, 11) is 0. The average Bonchev–Trinajstić information content (AvgIpc) is 2.83. The summed E-state index contributed by atoms with van der Waals surface area (Å²) in [5, 5.41) is 1.89. The Balaban J connectivity index is 2.12. The van der Waals surface area contributed by atoms with Gasteiger partial charge in [0, 0.05) is 5.39 Å². The summed E-state index contributed by atoms with van der Waals surface area (Å²) in [5.74, 6) is 0.793. The Morgan fingerprint density at radius 2 is 2.05 bits per heavy atom. The Morgan fingerprint density at radius 1 is 1.25 bits per heavy atom. The minimum absolute atomic E-state index is 0.318. The second kappa shape index (κ2) is 4.26. The third-order valence-electron chi connectivity index (χ3n) is 2.96. The van der Waals surface area contributed by atoms with Crippen LogP contribution < -0.4 is 16.2 Å². The molecule has 0 atom stereocenters. The highest BCUT2D eigenvalue weighted by molar-refractivity contribution is 5.90. The SMILES string of the molecule is NC1=CCN(c2ncnc3ccc(C(F)(F)F)cc23)N1. The maximum Gasteiger partial charge on any atom is 0.416 e. The van der Waals surface area contributed by atoms with Crippen LogP contribution in [0.15, 0.2) is 36.4 Å². The van der Waals surface area contributed by atoms with Gasteiger partial charge in [-0.15, -0.1) is 0 Å². The highest BCUT2D eigenvalue weighted by atomic mass is 19.4. The smallest absolute Gasteiger partial charge is 0.384 e. The Labute approximate surface area is 111 Å². The molecule has 2 heterocycles. The van der Waals surface area contributed by atoms with Crippen LogP contribution in [0, 0.1) is 0 Å². The number of nitrogens with one attached hydrogen (secondary N) is 1. The fraction of sp³-hybridized carbons (Fsp3) is 0.167. The molecule has 0 bridgehead atoms. The lowest BCUT2D eigenvalue weighted by molar-refractivity contribution is -0.137. The van der Waals surface area contributed by atoms with E-state index in [4.69, 9.17) is 5.73 Å². The largest absolute Gasteiger partial charge is 0.416 e. The summed E-state index contributed by atoms with van der Waals surface area (Å²) in [5.41, 5.74) is 8.12. The van der Waals surface area contributed by atoms with Gasteiger partial charge in [0.1, 0.15) is 12.1 Å². The van der Waals surface area contributed by atoms with Gasteiger partial charge >= 0.3 is 6.18 Å². The zero-order valence-electron chi connectivity index (χ0n) is 10.1. The lowest BCUT2D eigenvalue weighted by Gasteiger charge is -2.20. The van der Waals surface area contributed by atoms with Crippen molar-refractivity contribution in [2.75, 3.05) is 11.6 Å². The molecule has 3 rings (SSSR count). The van der Waals surface area contributed by atoms with Crippen LogP contribution in [0.4, 0.5) is 19.0 Å². The molecule has 1 aromatic carbocycles. The van der Waals surface area contributed by atoms with Crippen LogP contribution in [0.25, 0.3) is 10.9 Å². The van der Waals surface area contributed by atoms with Crippen molar-refractivity contribution in [3.8, 4) is 0 Å². The first-order valence-corrected chi connectivity index (χ1v) is 5.77. The minimum Gasteiger partial charge on any atom is -0.384 e. The quantitative estimate of drug-likeness (QED) is 0.834. The zero-order valence-corrected chi connectivity index (χ0v) is 10.1. The highest BCUT2D eigenvalue weighted by Gasteiger charge is 2.31. The predicted octanol–water partition coefficient (Wildman–Crippen LogP) is 1.77. The van der Waals surface area contributed by atoms with Gasteiger partial charge in [0.15, 0.2) is 5.82 Å². The van der Waals surface area contributed by atoms with Crippen molar-refractivity contribution in [3.63, 3.8) is 0 Å². The first-order valence-electron chi connectivity index (χ1n) is 5.77. The molecular weight excluding hydrogens is 271 g/mol. The van der Waals surface area contributed by atoms with Gasteiger partial charge in [-0.3, -0.25) is 10.4 Å². The number of hydrazine groups is 1. The molecule has 0 radical (unpaired) electrons. The molecule has 0 aliphatic carbocycles. The van der Waals surface area contributed by atoms with E-state index in [-0.39, 0.29) is 0 Å². The van der Waals surface area contributed by atoms with Crippen LogP contribution >= 0.6 is 0 Å². The van der Waals surface area contributed by atoms with Crippen molar-refractivity contribution >= 4 is 16.7 Å². The molecule has 0 spiro atoms. The van der Waals surface area contributed by atoms with Crippen LogP contribution in [0.2, 0.25) is 0 Å². The minimum atomic E-state index is -4.41. The summed E-state index contributed by atoms with van der Waals surface area (Å²) in [6, 6.07) is 3.38. The molecule has 8 heteroatoms. The number of hydrogen-bond acceptors (Lipinski definition) is 5. The summed E-state index contributed by atoms with van der Waals surface area (Å²) in [6.07, 6.45) is -1.39. The molecule has 5 nitrogen and oxygen atoms in total. The second-order valence-corrected chi connectivity index (χ2v) is 4.31. The van der Waals surface area contributed by atoms with Gasteiger partial charge in [0.05, 0.1) is 17.6 Å². The first-order chi connectivity index (χ1) is 9.45. The van der Waals surface area contributed by atoms with Gasteiger partial charge in [-0.2, -0.15) is 13.2 Å². The number of aromatic nitrogens is 2. The van der Waals surface area contributed by atoms with E-state index in [1.807, 2.05) is 0 Å². The average molecular weight is 281 g/mol. The van der Waals surface area contributed by atoms with Crippen LogP contribution in [-0.2, 0) is 6.18 Å². The van der Waals surface area contributed by atoms with E-state index < -0.39 is 11.7 Å². The summed E-state index contributed by atoms with van der Waals surface area (Å²) >= 11 is 0. The normalized spacial score (nSPS) is 15.3. The molecule has 104 valence electrons. The van der Waals surface area contributed by atoms with E-state index in [0.717, 1.165) is 12.1 Å². The predicted molar refractivity (Wildman–Crippen MR) is 67.3 cm³/mol. The Kier molecular flexibility index (Phi) is 2.66. The van der Waals surface area contributed by atoms with Gasteiger partial charge in [0.2, 0.25) is 0 Å². The number of alkyl halides is 3. The number of hydrogen-bond donors (Lipinski definition) is 2. The van der Waals surface area contributed by atoms with Gasteiger partial charge in [-0.25, -0.2) is 9.97 Å². The van der Waals surface area contributed by atoms with Gasteiger partial charge in [-0.05, 0) is 24.3 Å². The van der Waals surface area contributed by atoms with Crippen molar-refractivity contribution in [2.45, 2.75) is 6.18 Å². The fourth-order valence-corrected chi connectivity index (χ4v) is 2.01. The molecule has 0 fully saturated rings. The molecule has 0 saturated heterocycles. The molecular formula is C12H10F3N5. The van der Waals surface area contributed by atoms with E-state index >= 15 is 0 Å².